The van der Waals surface area contributed by atoms with E-state index in [0.29, 0.717) is 0 Å². The number of aliphatic carboxylic acids is 1. The molecule has 0 aliphatic heterocycles. The molecule has 0 saturated carbocycles. The van der Waals surface area contributed by atoms with Crippen molar-refractivity contribution >= 4 is 50.9 Å². The lowest BCUT2D eigenvalue weighted by Gasteiger charge is -2.15. The largest absolute Gasteiger partial charge is 0.504 e. The van der Waals surface area contributed by atoms with E-state index < -0.39 is 27.5 Å². The van der Waals surface area contributed by atoms with Crippen LogP contribution in [0.25, 0.3) is 6.08 Å². The van der Waals surface area contributed by atoms with Crippen LogP contribution in [-0.4, -0.2) is 36.0 Å². The molecule has 2 aromatic rings. The maximum absolute atomic E-state index is 12.3. The molecular formula is C14H13NO6S3. The van der Waals surface area contributed by atoms with E-state index >= 15 is 0 Å². The fourth-order valence-corrected chi connectivity index (χ4v) is 4.71. The van der Waals surface area contributed by atoms with E-state index in [1.54, 1.807) is 17.7 Å². The maximum atomic E-state index is 12.3. The SMILES string of the molecule is CSc1c(NS(=O)(=O)c2cccs2)cc(O)c(O)c1C=CC(=O)O. The second-order valence-corrected chi connectivity index (χ2v) is 8.12. The Morgan fingerprint density at radius 3 is 2.62 bits per heavy atom. The number of thiophene rings is 1. The average molecular weight is 387 g/mol. The van der Waals surface area contributed by atoms with Gasteiger partial charge in [0.05, 0.1) is 5.69 Å². The summed E-state index contributed by atoms with van der Waals surface area (Å²) >= 11 is 2.12. The minimum Gasteiger partial charge on any atom is -0.504 e. The number of phenols is 2. The summed E-state index contributed by atoms with van der Waals surface area (Å²) in [7, 11) is -3.86. The molecule has 1 aromatic heterocycles. The van der Waals surface area contributed by atoms with Crippen molar-refractivity contribution in [1.82, 2.24) is 0 Å². The zero-order chi connectivity index (χ0) is 17.9. The van der Waals surface area contributed by atoms with Gasteiger partial charge in [-0.2, -0.15) is 0 Å². The quantitative estimate of drug-likeness (QED) is 0.260. The van der Waals surface area contributed by atoms with Gasteiger partial charge in [0.25, 0.3) is 10.0 Å². The van der Waals surface area contributed by atoms with Crippen molar-refractivity contribution in [2.45, 2.75) is 9.10 Å². The molecule has 0 bridgehead atoms. The Morgan fingerprint density at radius 2 is 2.08 bits per heavy atom. The van der Waals surface area contributed by atoms with Crippen LogP contribution in [0.3, 0.4) is 0 Å². The van der Waals surface area contributed by atoms with Crippen LogP contribution in [0.1, 0.15) is 5.56 Å². The Kier molecular flexibility index (Phi) is 5.42. The normalized spacial score (nSPS) is 11.7. The van der Waals surface area contributed by atoms with Crippen molar-refractivity contribution in [3.05, 3.63) is 35.2 Å². The number of nitrogens with one attached hydrogen (secondary N) is 1. The first-order chi connectivity index (χ1) is 11.3. The zero-order valence-corrected chi connectivity index (χ0v) is 14.7. The van der Waals surface area contributed by atoms with Crippen molar-refractivity contribution in [1.29, 1.82) is 0 Å². The highest BCUT2D eigenvalue weighted by Crippen LogP contribution is 2.42. The highest BCUT2D eigenvalue weighted by molar-refractivity contribution is 7.99. The van der Waals surface area contributed by atoms with E-state index in [0.717, 1.165) is 41.3 Å². The summed E-state index contributed by atoms with van der Waals surface area (Å²) in [6.07, 6.45) is 3.50. The summed E-state index contributed by atoms with van der Waals surface area (Å²) in [5, 5.41) is 30.1. The number of aromatic hydroxyl groups is 2. The fourth-order valence-electron chi connectivity index (χ4n) is 1.88. The van der Waals surface area contributed by atoms with Gasteiger partial charge in [-0.05, 0) is 23.8 Å². The number of benzene rings is 1. The van der Waals surface area contributed by atoms with Crippen molar-refractivity contribution in [3.63, 3.8) is 0 Å². The Balaban J connectivity index is 2.56. The first kappa shape index (κ1) is 18.2. The Labute approximate surface area is 146 Å². The highest BCUT2D eigenvalue weighted by atomic mass is 32.2. The Morgan fingerprint density at radius 1 is 1.38 bits per heavy atom. The summed E-state index contributed by atoms with van der Waals surface area (Å²) < 4.78 is 27.1. The number of anilines is 1. The molecule has 24 heavy (non-hydrogen) atoms. The van der Waals surface area contributed by atoms with Crippen LogP contribution in [0, 0.1) is 0 Å². The molecule has 0 aliphatic carbocycles. The standard InChI is InChI=1S/C14H13NO6S3/c1-22-14-8(4-5-11(17)18)13(19)10(16)7-9(14)15-24(20,21)12-3-2-6-23-12/h2-7,15-16,19H,1H3,(H,17,18). The molecule has 0 atom stereocenters. The van der Waals surface area contributed by atoms with Crippen molar-refractivity contribution < 1.29 is 28.5 Å². The van der Waals surface area contributed by atoms with E-state index in [9.17, 15) is 23.4 Å². The van der Waals surface area contributed by atoms with Gasteiger partial charge in [-0.15, -0.1) is 23.1 Å². The third kappa shape index (κ3) is 3.83. The van der Waals surface area contributed by atoms with Gasteiger partial charge in [0.1, 0.15) is 4.21 Å². The second kappa shape index (κ2) is 7.16. The van der Waals surface area contributed by atoms with Crippen LogP contribution in [0.15, 0.2) is 38.8 Å². The summed E-state index contributed by atoms with van der Waals surface area (Å²) in [5.74, 6) is -2.34. The third-order valence-corrected chi connectivity index (χ3v) is 6.48. The van der Waals surface area contributed by atoms with Gasteiger partial charge in [-0.3, -0.25) is 4.72 Å². The van der Waals surface area contributed by atoms with Gasteiger partial charge in [-0.25, -0.2) is 13.2 Å². The van der Waals surface area contributed by atoms with Crippen LogP contribution in [-0.2, 0) is 14.8 Å². The minimum atomic E-state index is -3.86. The van der Waals surface area contributed by atoms with Crippen LogP contribution in [0.4, 0.5) is 5.69 Å². The van der Waals surface area contributed by atoms with Gasteiger partial charge >= 0.3 is 5.97 Å². The molecule has 0 fully saturated rings. The summed E-state index contributed by atoms with van der Waals surface area (Å²) in [5.41, 5.74) is 0.0463. The van der Waals surface area contributed by atoms with Crippen LogP contribution in [0.2, 0.25) is 0 Å². The molecule has 1 aromatic carbocycles. The van der Waals surface area contributed by atoms with Crippen molar-refractivity contribution in [3.8, 4) is 11.5 Å². The Bertz CT molecular complexity index is 888. The first-order valence-corrected chi connectivity index (χ1v) is 9.95. The molecular weight excluding hydrogens is 374 g/mol. The van der Waals surface area contributed by atoms with Crippen LogP contribution < -0.4 is 4.72 Å². The average Bonchev–Trinajstić information content (AvgIpc) is 3.04. The molecule has 0 amide bonds. The number of hydrogen-bond acceptors (Lipinski definition) is 7. The molecule has 0 radical (unpaired) electrons. The lowest BCUT2D eigenvalue weighted by Crippen LogP contribution is -2.12. The van der Waals surface area contributed by atoms with E-state index in [2.05, 4.69) is 4.72 Å². The predicted molar refractivity (Wildman–Crippen MR) is 93.3 cm³/mol. The topological polar surface area (TPSA) is 124 Å². The second-order valence-electron chi connectivity index (χ2n) is 4.45. The number of carboxylic acid groups (broad SMARTS) is 1. The van der Waals surface area contributed by atoms with Crippen LogP contribution in [0.5, 0.6) is 11.5 Å². The number of hydrogen-bond donors (Lipinski definition) is 4. The monoisotopic (exact) mass is 387 g/mol. The molecule has 7 nitrogen and oxygen atoms in total. The number of carboxylic acids is 1. The number of carbonyl (C=O) groups is 1. The third-order valence-electron chi connectivity index (χ3n) is 2.87. The van der Waals surface area contributed by atoms with Gasteiger partial charge < -0.3 is 15.3 Å². The molecule has 0 unspecified atom stereocenters. The fraction of sp³-hybridized carbons (Fsp3) is 0.0714. The minimum absolute atomic E-state index is 0.00813. The van der Waals surface area contributed by atoms with Gasteiger partial charge in [0.2, 0.25) is 0 Å². The van der Waals surface area contributed by atoms with Crippen molar-refractivity contribution in [2.75, 3.05) is 11.0 Å². The molecule has 0 aliphatic rings. The zero-order valence-electron chi connectivity index (χ0n) is 12.3. The van der Waals surface area contributed by atoms with Crippen molar-refractivity contribution in [2.24, 2.45) is 0 Å². The number of thioether (sulfide) groups is 1. The predicted octanol–water partition coefficient (Wildman–Crippen LogP) is 2.78. The number of phenolic OH excluding ortho intramolecular Hbond substituents is 2. The smallest absolute Gasteiger partial charge is 0.328 e. The van der Waals surface area contributed by atoms with E-state index in [1.165, 1.54) is 6.07 Å². The molecule has 2 rings (SSSR count). The molecule has 128 valence electrons. The lowest BCUT2D eigenvalue weighted by atomic mass is 10.1. The van der Waals surface area contributed by atoms with E-state index in [1.807, 2.05) is 0 Å². The molecule has 4 N–H and O–H groups in total. The number of rotatable bonds is 6. The van der Waals surface area contributed by atoms with E-state index in [4.69, 9.17) is 5.11 Å². The van der Waals surface area contributed by atoms with Gasteiger partial charge in [0, 0.05) is 22.6 Å². The molecule has 1 heterocycles. The summed E-state index contributed by atoms with van der Waals surface area (Å²) in [4.78, 5) is 11.0. The van der Waals surface area contributed by atoms with Gasteiger partial charge in [-0.1, -0.05) is 6.07 Å². The maximum Gasteiger partial charge on any atom is 0.328 e. The summed E-state index contributed by atoms with van der Waals surface area (Å²) in [6, 6.07) is 4.09. The highest BCUT2D eigenvalue weighted by Gasteiger charge is 2.21. The first-order valence-electron chi connectivity index (χ1n) is 6.36. The lowest BCUT2D eigenvalue weighted by molar-refractivity contribution is -0.131. The Hall–Kier alpha value is -2.17. The molecule has 0 spiro atoms. The molecule has 10 heteroatoms. The molecule has 0 saturated heterocycles. The van der Waals surface area contributed by atoms with Crippen LogP contribution >= 0.6 is 23.1 Å². The summed E-state index contributed by atoms with van der Waals surface area (Å²) in [6.45, 7) is 0. The number of sulfonamides is 1. The van der Waals surface area contributed by atoms with E-state index in [-0.39, 0.29) is 20.4 Å². The van der Waals surface area contributed by atoms with Gasteiger partial charge in [0.15, 0.2) is 11.5 Å².